The van der Waals surface area contributed by atoms with Crippen LogP contribution >= 0.6 is 0 Å². The predicted molar refractivity (Wildman–Crippen MR) is 72.8 cm³/mol. The van der Waals surface area contributed by atoms with Crippen molar-refractivity contribution < 1.29 is 14.2 Å². The minimum atomic E-state index is -1.18. The molecule has 0 saturated heterocycles. The van der Waals surface area contributed by atoms with Gasteiger partial charge in [-0.15, -0.1) is 0 Å². The molecule has 1 N–H and O–H groups in total. The number of halogens is 1. The molecule has 0 bridgehead atoms. The maximum atomic E-state index is 13.7. The molecule has 2 rings (SSSR count). The van der Waals surface area contributed by atoms with Crippen LogP contribution in [0.1, 0.15) is 31.7 Å². The fourth-order valence-corrected chi connectivity index (χ4v) is 1.90. The molecule has 1 saturated carbocycles. The largest absolute Gasteiger partial charge is 0.490 e. The van der Waals surface area contributed by atoms with Crippen LogP contribution in [0.2, 0.25) is 0 Å². The maximum Gasteiger partial charge on any atom is 0.165 e. The van der Waals surface area contributed by atoms with Crippen LogP contribution < -0.4 is 4.74 Å². The Morgan fingerprint density at radius 3 is 2.95 bits per heavy atom. The van der Waals surface area contributed by atoms with Gasteiger partial charge in [0.2, 0.25) is 0 Å². The molecular weight excluding hydrogens is 261 g/mol. The van der Waals surface area contributed by atoms with Crippen LogP contribution in [0, 0.1) is 11.7 Å². The third-order valence-electron chi connectivity index (χ3n) is 3.49. The second kappa shape index (κ2) is 6.11. The van der Waals surface area contributed by atoms with Crippen molar-refractivity contribution in [2.75, 3.05) is 13.2 Å². The topological polar surface area (TPSA) is 78.2 Å². The average molecular weight is 279 g/mol. The van der Waals surface area contributed by atoms with Crippen LogP contribution in [0.25, 0.3) is 10.4 Å². The molecule has 5 nitrogen and oxygen atoms in total. The van der Waals surface area contributed by atoms with E-state index in [2.05, 4.69) is 10.0 Å². The first kappa shape index (κ1) is 14.6. The van der Waals surface area contributed by atoms with E-state index in [-0.39, 0.29) is 18.7 Å². The van der Waals surface area contributed by atoms with Crippen LogP contribution in [-0.4, -0.2) is 18.3 Å². The molecule has 0 amide bonds. The number of nitrogens with zero attached hydrogens (tertiary/aromatic N) is 3. The number of hydrogen-bond acceptors (Lipinski definition) is 3. The number of benzene rings is 1. The molecule has 1 aromatic rings. The van der Waals surface area contributed by atoms with Crippen molar-refractivity contribution in [2.45, 2.75) is 31.8 Å². The summed E-state index contributed by atoms with van der Waals surface area (Å²) in [6.07, 6.45) is 2.53. The van der Waals surface area contributed by atoms with Crippen LogP contribution in [-0.2, 0) is 5.60 Å². The van der Waals surface area contributed by atoms with E-state index in [9.17, 15) is 9.50 Å². The van der Waals surface area contributed by atoms with Crippen molar-refractivity contribution in [3.63, 3.8) is 0 Å². The Kier molecular flexibility index (Phi) is 4.47. The fraction of sp³-hybridized carbons (Fsp3) is 0.571. The maximum absolute atomic E-state index is 13.7. The van der Waals surface area contributed by atoms with Crippen LogP contribution in [0.4, 0.5) is 4.39 Å². The van der Waals surface area contributed by atoms with Crippen molar-refractivity contribution in [2.24, 2.45) is 11.0 Å². The minimum absolute atomic E-state index is 0.165. The Morgan fingerprint density at radius 2 is 2.30 bits per heavy atom. The molecule has 1 atom stereocenters. The molecule has 0 unspecified atom stereocenters. The molecular formula is C14H18FN3O2. The molecule has 0 aromatic heterocycles. The van der Waals surface area contributed by atoms with Crippen molar-refractivity contribution in [3.8, 4) is 5.75 Å². The number of hydrogen-bond donors (Lipinski definition) is 1. The van der Waals surface area contributed by atoms with E-state index in [1.165, 1.54) is 18.2 Å². The normalized spacial score (nSPS) is 17.1. The van der Waals surface area contributed by atoms with Crippen LogP contribution in [0.15, 0.2) is 23.3 Å². The summed E-state index contributed by atoms with van der Waals surface area (Å²) in [4.78, 5) is 2.65. The molecule has 1 aromatic carbocycles. The molecule has 108 valence electrons. The van der Waals surface area contributed by atoms with E-state index in [0.29, 0.717) is 18.1 Å². The summed E-state index contributed by atoms with van der Waals surface area (Å²) in [6, 6.07) is 4.34. The first-order chi connectivity index (χ1) is 9.53. The second-order valence-electron chi connectivity index (χ2n) is 5.38. The lowest BCUT2D eigenvalue weighted by Gasteiger charge is -2.23. The summed E-state index contributed by atoms with van der Waals surface area (Å²) in [6.45, 7) is 2.30. The monoisotopic (exact) mass is 279 g/mol. The lowest BCUT2D eigenvalue weighted by Crippen LogP contribution is -2.22. The van der Waals surface area contributed by atoms with Crippen LogP contribution in [0.3, 0.4) is 0 Å². The highest BCUT2D eigenvalue weighted by molar-refractivity contribution is 5.33. The highest BCUT2D eigenvalue weighted by Crippen LogP contribution is 2.32. The summed E-state index contributed by atoms with van der Waals surface area (Å²) in [5.74, 6) is 0.266. The van der Waals surface area contributed by atoms with Gasteiger partial charge < -0.3 is 9.84 Å². The van der Waals surface area contributed by atoms with Gasteiger partial charge in [-0.2, -0.15) is 0 Å². The van der Waals surface area contributed by atoms with E-state index in [1.807, 2.05) is 0 Å². The molecule has 20 heavy (non-hydrogen) atoms. The predicted octanol–water partition coefficient (Wildman–Crippen LogP) is 3.52. The summed E-state index contributed by atoms with van der Waals surface area (Å²) >= 11 is 0. The standard InChI is InChI=1S/C14H18FN3O2/c1-14(19,6-7-17-18-16)11-4-5-12(15)13(8-11)20-9-10-2-3-10/h4-5,8,10,19H,2-3,6-7,9H2,1H3/t14-/m0/s1. The molecule has 0 aliphatic heterocycles. The van der Waals surface area contributed by atoms with Crippen molar-refractivity contribution >= 4 is 0 Å². The molecule has 1 aliphatic rings. The zero-order valence-electron chi connectivity index (χ0n) is 11.4. The van der Waals surface area contributed by atoms with Crippen molar-refractivity contribution in [3.05, 3.63) is 40.0 Å². The van der Waals surface area contributed by atoms with E-state index in [4.69, 9.17) is 10.3 Å². The van der Waals surface area contributed by atoms with E-state index in [0.717, 1.165) is 12.8 Å². The smallest absolute Gasteiger partial charge is 0.165 e. The van der Waals surface area contributed by atoms with Gasteiger partial charge >= 0.3 is 0 Å². The zero-order valence-corrected chi connectivity index (χ0v) is 11.4. The summed E-state index contributed by atoms with van der Waals surface area (Å²) in [5.41, 5.74) is 7.62. The van der Waals surface area contributed by atoms with Crippen LogP contribution in [0.5, 0.6) is 5.75 Å². The van der Waals surface area contributed by atoms with Gasteiger partial charge in [-0.05, 0) is 55.3 Å². The molecule has 0 radical (unpaired) electrons. The summed E-state index contributed by atoms with van der Waals surface area (Å²) in [7, 11) is 0. The highest BCUT2D eigenvalue weighted by atomic mass is 19.1. The van der Waals surface area contributed by atoms with Gasteiger partial charge in [0, 0.05) is 11.5 Å². The lowest BCUT2D eigenvalue weighted by atomic mass is 9.92. The Bertz CT molecular complexity index is 523. The van der Waals surface area contributed by atoms with Crippen molar-refractivity contribution in [1.82, 2.24) is 0 Å². The van der Waals surface area contributed by atoms with E-state index < -0.39 is 11.4 Å². The molecule has 0 spiro atoms. The van der Waals surface area contributed by atoms with Gasteiger partial charge in [0.1, 0.15) is 0 Å². The van der Waals surface area contributed by atoms with Gasteiger partial charge in [-0.3, -0.25) is 0 Å². The van der Waals surface area contributed by atoms with Gasteiger partial charge in [0.15, 0.2) is 11.6 Å². The Hall–Kier alpha value is -1.78. The van der Waals surface area contributed by atoms with E-state index >= 15 is 0 Å². The fourth-order valence-electron chi connectivity index (χ4n) is 1.90. The molecule has 6 heteroatoms. The highest BCUT2D eigenvalue weighted by Gasteiger charge is 2.25. The lowest BCUT2D eigenvalue weighted by molar-refractivity contribution is 0.0500. The number of rotatable bonds is 7. The van der Waals surface area contributed by atoms with Gasteiger partial charge in [0.25, 0.3) is 0 Å². The minimum Gasteiger partial charge on any atom is -0.490 e. The molecule has 1 fully saturated rings. The second-order valence-corrected chi connectivity index (χ2v) is 5.38. The Morgan fingerprint density at radius 1 is 1.55 bits per heavy atom. The quantitative estimate of drug-likeness (QED) is 0.471. The third kappa shape index (κ3) is 3.85. The zero-order chi connectivity index (χ0) is 14.6. The number of aliphatic hydroxyl groups is 1. The summed E-state index contributed by atoms with van der Waals surface area (Å²) < 4.78 is 19.1. The van der Waals surface area contributed by atoms with Gasteiger partial charge in [-0.1, -0.05) is 11.2 Å². The van der Waals surface area contributed by atoms with Gasteiger partial charge in [0.05, 0.1) is 12.2 Å². The average Bonchev–Trinajstić information content (AvgIpc) is 3.22. The third-order valence-corrected chi connectivity index (χ3v) is 3.49. The number of azide groups is 1. The van der Waals surface area contributed by atoms with E-state index in [1.54, 1.807) is 6.92 Å². The first-order valence-corrected chi connectivity index (χ1v) is 6.69. The molecule has 1 aliphatic carbocycles. The Balaban J connectivity index is 2.09. The van der Waals surface area contributed by atoms with Crippen molar-refractivity contribution in [1.29, 1.82) is 0 Å². The Labute approximate surface area is 117 Å². The SMILES string of the molecule is C[C@](O)(CCN=[N+]=[N-])c1ccc(F)c(OCC2CC2)c1. The van der Waals surface area contributed by atoms with Gasteiger partial charge in [-0.25, -0.2) is 4.39 Å². The number of ether oxygens (including phenoxy) is 1. The molecule has 0 heterocycles. The summed E-state index contributed by atoms with van der Waals surface area (Å²) in [5, 5.41) is 13.8. The first-order valence-electron chi connectivity index (χ1n) is 6.69.